The minimum atomic E-state index is -1.30. The van der Waals surface area contributed by atoms with Gasteiger partial charge in [-0.1, -0.05) is 132 Å². The summed E-state index contributed by atoms with van der Waals surface area (Å²) in [5, 5.41) is 43.4. The number of unbranched alkanes of at least 4 members (excludes halogenated alkanes) is 15. The summed E-state index contributed by atoms with van der Waals surface area (Å²) >= 11 is 0. The van der Waals surface area contributed by atoms with Gasteiger partial charge in [-0.05, 0) is 89.9 Å². The third-order valence-electron chi connectivity index (χ3n) is 8.43. The molecule has 0 aromatic carbocycles. The van der Waals surface area contributed by atoms with Gasteiger partial charge in [-0.2, -0.15) is 0 Å². The molecule has 0 saturated carbocycles. The molecule has 272 valence electrons. The minimum Gasteiger partial charge on any atom is -0.394 e. The van der Waals surface area contributed by atoms with Crippen molar-refractivity contribution in [1.82, 2.24) is 5.32 Å². The van der Waals surface area contributed by atoms with Gasteiger partial charge in [0.05, 0.1) is 18.8 Å². The van der Waals surface area contributed by atoms with Gasteiger partial charge in [-0.15, -0.1) is 0 Å². The molecule has 0 aliphatic rings. The third kappa shape index (κ3) is 29.9. The average Bonchev–Trinajstić information content (AvgIpc) is 3.07. The minimum absolute atomic E-state index is 0.337. The van der Waals surface area contributed by atoms with Crippen LogP contribution in [0, 0.1) is 0 Å². The lowest BCUT2D eigenvalue weighted by atomic mass is 10.00. The zero-order valence-electron chi connectivity index (χ0n) is 30.3. The zero-order chi connectivity index (χ0) is 34.6. The van der Waals surface area contributed by atoms with Crippen LogP contribution in [0.15, 0.2) is 60.8 Å². The van der Waals surface area contributed by atoms with Gasteiger partial charge >= 0.3 is 0 Å². The SMILES string of the molecule is CCCCC/C=C\C=C/CCCCCCCC(O)C(=O)NC(CO)C(O)C(O)CCC/C=C/CC/C=C/CC/C=C/CCCCCC. The maximum atomic E-state index is 12.4. The van der Waals surface area contributed by atoms with Crippen LogP contribution >= 0.6 is 0 Å². The van der Waals surface area contributed by atoms with Gasteiger partial charge in [0.2, 0.25) is 5.91 Å². The highest BCUT2D eigenvalue weighted by molar-refractivity contribution is 5.80. The number of rotatable bonds is 33. The van der Waals surface area contributed by atoms with Crippen molar-refractivity contribution in [2.75, 3.05) is 6.61 Å². The van der Waals surface area contributed by atoms with Gasteiger partial charge in [0.25, 0.3) is 0 Å². The zero-order valence-corrected chi connectivity index (χ0v) is 30.3. The van der Waals surface area contributed by atoms with E-state index in [1.807, 2.05) is 0 Å². The first-order valence-electron chi connectivity index (χ1n) is 19.2. The molecule has 0 aliphatic carbocycles. The maximum absolute atomic E-state index is 12.4. The Morgan fingerprint density at radius 1 is 0.532 bits per heavy atom. The van der Waals surface area contributed by atoms with E-state index >= 15 is 0 Å². The van der Waals surface area contributed by atoms with Gasteiger partial charge < -0.3 is 25.7 Å². The van der Waals surface area contributed by atoms with Crippen molar-refractivity contribution >= 4 is 5.91 Å². The number of hydrogen-bond acceptors (Lipinski definition) is 5. The van der Waals surface area contributed by atoms with Crippen LogP contribution in [0.5, 0.6) is 0 Å². The van der Waals surface area contributed by atoms with Crippen LogP contribution in [0.4, 0.5) is 0 Å². The number of nitrogens with one attached hydrogen (secondary N) is 1. The van der Waals surface area contributed by atoms with E-state index in [0.29, 0.717) is 19.3 Å². The van der Waals surface area contributed by atoms with E-state index in [1.165, 1.54) is 51.4 Å². The first-order chi connectivity index (χ1) is 23.0. The predicted octanol–water partition coefficient (Wildman–Crippen LogP) is 9.34. The standard InChI is InChI=1S/C41H73NO5/c1-3-5-7-9-11-13-15-17-19-20-21-23-24-26-28-30-32-34-38(44)40(46)37(36-43)42-41(47)39(45)35-33-31-29-27-25-22-18-16-14-12-10-8-6-4-2/h12-16,18,20-21,26,28,37-40,43-46H,3-11,17,19,22-25,27,29-36H2,1-2H3,(H,42,47)/b14-12-,15-13+,18-16-,21-20+,28-26+. The van der Waals surface area contributed by atoms with Crippen molar-refractivity contribution in [2.45, 2.75) is 186 Å². The lowest BCUT2D eigenvalue weighted by molar-refractivity contribution is -0.132. The van der Waals surface area contributed by atoms with Crippen LogP contribution in [0.25, 0.3) is 0 Å². The van der Waals surface area contributed by atoms with Crippen molar-refractivity contribution in [3.8, 4) is 0 Å². The Labute approximate surface area is 289 Å². The molecule has 6 heteroatoms. The van der Waals surface area contributed by atoms with Crippen LogP contribution in [-0.2, 0) is 4.79 Å². The first-order valence-corrected chi connectivity index (χ1v) is 19.2. The van der Waals surface area contributed by atoms with E-state index in [9.17, 15) is 25.2 Å². The molecule has 1 amide bonds. The van der Waals surface area contributed by atoms with Gasteiger partial charge in [-0.25, -0.2) is 0 Å². The monoisotopic (exact) mass is 660 g/mol. The molecule has 0 saturated heterocycles. The molecule has 47 heavy (non-hydrogen) atoms. The van der Waals surface area contributed by atoms with Gasteiger partial charge in [0, 0.05) is 0 Å². The number of aliphatic hydroxyl groups is 4. The van der Waals surface area contributed by atoms with Gasteiger partial charge in [-0.3, -0.25) is 4.79 Å². The number of carbonyl (C=O) groups excluding carboxylic acids is 1. The molecule has 0 aromatic rings. The molecule has 0 aromatic heterocycles. The Kier molecular flexibility index (Phi) is 33.8. The summed E-state index contributed by atoms with van der Waals surface area (Å²) in [6.45, 7) is 3.95. The summed E-state index contributed by atoms with van der Waals surface area (Å²) in [5.74, 6) is -0.616. The quantitative estimate of drug-likeness (QED) is 0.0274. The summed E-state index contributed by atoms with van der Waals surface area (Å²) in [5.41, 5.74) is 0. The fourth-order valence-electron chi connectivity index (χ4n) is 5.31. The van der Waals surface area contributed by atoms with Crippen molar-refractivity contribution in [2.24, 2.45) is 0 Å². The molecule has 5 N–H and O–H groups in total. The third-order valence-corrected chi connectivity index (χ3v) is 8.43. The highest BCUT2D eigenvalue weighted by atomic mass is 16.3. The van der Waals surface area contributed by atoms with Crippen molar-refractivity contribution in [1.29, 1.82) is 0 Å². The second kappa shape index (κ2) is 35.3. The Bertz CT molecular complexity index is 834. The molecule has 0 aliphatic heterocycles. The summed E-state index contributed by atoms with van der Waals surface area (Å²) in [4.78, 5) is 12.4. The summed E-state index contributed by atoms with van der Waals surface area (Å²) < 4.78 is 0. The molecular weight excluding hydrogens is 586 g/mol. The molecule has 4 atom stereocenters. The number of aliphatic hydroxyl groups excluding tert-OH is 4. The number of carbonyl (C=O) groups is 1. The molecule has 6 nitrogen and oxygen atoms in total. The van der Waals surface area contributed by atoms with Crippen LogP contribution in [0.2, 0.25) is 0 Å². The second-order valence-electron chi connectivity index (χ2n) is 12.9. The fraction of sp³-hybridized carbons (Fsp3) is 0.732. The van der Waals surface area contributed by atoms with E-state index < -0.39 is 36.9 Å². The number of allylic oxidation sites excluding steroid dienone is 10. The van der Waals surface area contributed by atoms with E-state index in [4.69, 9.17) is 0 Å². The van der Waals surface area contributed by atoms with Crippen molar-refractivity contribution in [3.05, 3.63) is 60.8 Å². The average molecular weight is 660 g/mol. The molecular formula is C41H73NO5. The van der Waals surface area contributed by atoms with Crippen LogP contribution in [0.1, 0.15) is 162 Å². The predicted molar refractivity (Wildman–Crippen MR) is 200 cm³/mol. The normalized spacial score (nSPS) is 15.1. The van der Waals surface area contributed by atoms with E-state index in [1.54, 1.807) is 0 Å². The first kappa shape index (κ1) is 45.0. The number of amides is 1. The van der Waals surface area contributed by atoms with Gasteiger partial charge in [0.15, 0.2) is 0 Å². The van der Waals surface area contributed by atoms with E-state index in [-0.39, 0.29) is 0 Å². The molecule has 0 rings (SSSR count). The van der Waals surface area contributed by atoms with Crippen LogP contribution < -0.4 is 5.32 Å². The second-order valence-corrected chi connectivity index (χ2v) is 12.9. The van der Waals surface area contributed by atoms with Crippen LogP contribution in [-0.4, -0.2) is 57.3 Å². The summed E-state index contributed by atoms with van der Waals surface area (Å²) in [6.07, 6.45) is 42.3. The van der Waals surface area contributed by atoms with E-state index in [0.717, 1.165) is 77.0 Å². The smallest absolute Gasteiger partial charge is 0.249 e. The maximum Gasteiger partial charge on any atom is 0.249 e. The Morgan fingerprint density at radius 2 is 0.957 bits per heavy atom. The lowest BCUT2D eigenvalue weighted by Gasteiger charge is -2.27. The molecule has 0 bridgehead atoms. The summed E-state index contributed by atoms with van der Waals surface area (Å²) in [7, 11) is 0. The molecule has 0 spiro atoms. The molecule has 4 unspecified atom stereocenters. The Balaban J connectivity index is 3.95. The molecule has 0 radical (unpaired) electrons. The fourth-order valence-corrected chi connectivity index (χ4v) is 5.31. The Morgan fingerprint density at radius 3 is 1.51 bits per heavy atom. The molecule has 0 heterocycles. The lowest BCUT2D eigenvalue weighted by Crippen LogP contribution is -2.53. The topological polar surface area (TPSA) is 110 Å². The number of hydrogen-bond donors (Lipinski definition) is 5. The Hall–Kier alpha value is -1.99. The highest BCUT2D eigenvalue weighted by Gasteiger charge is 2.28. The van der Waals surface area contributed by atoms with E-state index in [2.05, 4.69) is 79.9 Å². The highest BCUT2D eigenvalue weighted by Crippen LogP contribution is 2.12. The summed E-state index contributed by atoms with van der Waals surface area (Å²) in [6, 6.07) is -1.02. The van der Waals surface area contributed by atoms with Crippen LogP contribution in [0.3, 0.4) is 0 Å². The van der Waals surface area contributed by atoms with Crippen molar-refractivity contribution < 1.29 is 25.2 Å². The van der Waals surface area contributed by atoms with Gasteiger partial charge in [0.1, 0.15) is 12.2 Å². The largest absolute Gasteiger partial charge is 0.394 e. The van der Waals surface area contributed by atoms with Crippen molar-refractivity contribution in [3.63, 3.8) is 0 Å². The molecule has 0 fully saturated rings.